The summed E-state index contributed by atoms with van der Waals surface area (Å²) in [5.74, 6) is -0.808. The van der Waals surface area contributed by atoms with Crippen LogP contribution in [0.15, 0.2) is 0 Å². The van der Waals surface area contributed by atoms with Crippen LogP contribution in [-0.2, 0) is 0 Å². The molecule has 0 spiro atoms. The SMILES string of the molecule is CC1(C)Oc2c(O)c(Cl)c(Cl)c(Cl)c2O1. The van der Waals surface area contributed by atoms with Gasteiger partial charge in [0.25, 0.3) is 0 Å². The molecule has 0 saturated heterocycles. The highest BCUT2D eigenvalue weighted by atomic mass is 35.5. The Bertz CT molecular complexity index is 404. The third-order valence-corrected chi connectivity index (χ3v) is 3.21. The standard InChI is InChI=1S/C9H7Cl3O3/c1-9(2)14-7-5(12)3(10)4(11)6(13)8(7)15-9/h13H,1-2H3. The van der Waals surface area contributed by atoms with Crippen molar-refractivity contribution in [3.8, 4) is 17.2 Å². The molecule has 0 bridgehead atoms. The van der Waals surface area contributed by atoms with E-state index in [1.165, 1.54) is 0 Å². The molecule has 2 rings (SSSR count). The first-order valence-corrected chi connectivity index (χ1v) is 5.24. The summed E-state index contributed by atoms with van der Waals surface area (Å²) in [7, 11) is 0. The van der Waals surface area contributed by atoms with E-state index in [1.807, 2.05) is 0 Å². The van der Waals surface area contributed by atoms with E-state index in [-0.39, 0.29) is 32.3 Å². The fourth-order valence-electron chi connectivity index (χ4n) is 1.31. The van der Waals surface area contributed by atoms with Crippen LogP contribution in [0, 0.1) is 0 Å². The second kappa shape index (κ2) is 3.24. The van der Waals surface area contributed by atoms with E-state index in [4.69, 9.17) is 44.3 Å². The Labute approximate surface area is 101 Å². The largest absolute Gasteiger partial charge is 0.503 e. The zero-order valence-corrected chi connectivity index (χ0v) is 10.2. The first-order valence-electron chi connectivity index (χ1n) is 4.11. The maximum atomic E-state index is 9.68. The molecule has 1 aromatic rings. The normalized spacial score (nSPS) is 16.9. The van der Waals surface area contributed by atoms with Gasteiger partial charge in [0.2, 0.25) is 11.5 Å². The summed E-state index contributed by atoms with van der Waals surface area (Å²) in [5, 5.41) is 9.83. The quantitative estimate of drug-likeness (QED) is 0.727. The van der Waals surface area contributed by atoms with E-state index >= 15 is 0 Å². The average molecular weight is 270 g/mol. The van der Waals surface area contributed by atoms with E-state index in [2.05, 4.69) is 0 Å². The van der Waals surface area contributed by atoms with Gasteiger partial charge in [-0.15, -0.1) is 0 Å². The number of hydrogen-bond acceptors (Lipinski definition) is 3. The third kappa shape index (κ3) is 1.59. The molecular formula is C9H7Cl3O3. The van der Waals surface area contributed by atoms with Gasteiger partial charge in [-0.05, 0) is 0 Å². The van der Waals surface area contributed by atoms with Crippen molar-refractivity contribution in [1.29, 1.82) is 0 Å². The Balaban J connectivity index is 2.69. The lowest BCUT2D eigenvalue weighted by molar-refractivity contribution is -0.0439. The maximum Gasteiger partial charge on any atom is 0.246 e. The van der Waals surface area contributed by atoms with Gasteiger partial charge in [0.1, 0.15) is 10.0 Å². The first-order chi connectivity index (χ1) is 6.83. The van der Waals surface area contributed by atoms with Crippen LogP contribution in [0.5, 0.6) is 17.2 Å². The number of hydrogen-bond donors (Lipinski definition) is 1. The van der Waals surface area contributed by atoms with E-state index in [0.29, 0.717) is 0 Å². The summed E-state index contributed by atoms with van der Waals surface area (Å²) in [4.78, 5) is 0. The van der Waals surface area contributed by atoms with Gasteiger partial charge in [-0.25, -0.2) is 0 Å². The van der Waals surface area contributed by atoms with Crippen molar-refractivity contribution in [2.24, 2.45) is 0 Å². The van der Waals surface area contributed by atoms with Gasteiger partial charge in [0.05, 0.1) is 5.02 Å². The second-order valence-corrected chi connectivity index (χ2v) is 4.69. The highest BCUT2D eigenvalue weighted by molar-refractivity contribution is 6.49. The number of halogens is 3. The number of phenols is 1. The van der Waals surface area contributed by atoms with Crippen molar-refractivity contribution in [2.45, 2.75) is 19.6 Å². The highest BCUT2D eigenvalue weighted by Gasteiger charge is 2.38. The molecule has 1 aromatic carbocycles. The minimum atomic E-state index is -0.891. The molecule has 0 radical (unpaired) electrons. The lowest BCUT2D eigenvalue weighted by Crippen LogP contribution is -2.29. The fraction of sp³-hybridized carbons (Fsp3) is 0.333. The molecule has 0 saturated carbocycles. The smallest absolute Gasteiger partial charge is 0.246 e. The predicted octanol–water partition coefficient (Wildman–Crippen LogP) is 3.86. The third-order valence-electron chi connectivity index (χ3n) is 1.91. The van der Waals surface area contributed by atoms with Gasteiger partial charge in [0.15, 0.2) is 11.5 Å². The summed E-state index contributed by atoms with van der Waals surface area (Å²) in [6.07, 6.45) is 0. The monoisotopic (exact) mass is 268 g/mol. The molecule has 1 aliphatic rings. The minimum Gasteiger partial charge on any atom is -0.503 e. The van der Waals surface area contributed by atoms with Crippen molar-refractivity contribution in [1.82, 2.24) is 0 Å². The molecular weight excluding hydrogens is 262 g/mol. The van der Waals surface area contributed by atoms with E-state index in [1.54, 1.807) is 13.8 Å². The van der Waals surface area contributed by atoms with Gasteiger partial charge in [0, 0.05) is 13.8 Å². The van der Waals surface area contributed by atoms with Crippen LogP contribution >= 0.6 is 34.8 Å². The molecule has 0 aromatic heterocycles. The molecule has 0 fully saturated rings. The molecule has 1 N–H and O–H groups in total. The Morgan fingerprint density at radius 3 is 2.07 bits per heavy atom. The zero-order valence-electron chi connectivity index (χ0n) is 7.90. The molecule has 0 aliphatic carbocycles. The van der Waals surface area contributed by atoms with E-state index in [0.717, 1.165) is 0 Å². The molecule has 82 valence electrons. The number of fused-ring (bicyclic) bond motifs is 1. The van der Waals surface area contributed by atoms with Crippen molar-refractivity contribution in [2.75, 3.05) is 0 Å². The van der Waals surface area contributed by atoms with Crippen LogP contribution in [0.2, 0.25) is 15.1 Å². The zero-order chi connectivity index (χ0) is 11.4. The number of rotatable bonds is 0. The average Bonchev–Trinajstić information content (AvgIpc) is 2.48. The molecule has 6 heteroatoms. The Morgan fingerprint density at radius 2 is 1.47 bits per heavy atom. The van der Waals surface area contributed by atoms with Crippen LogP contribution < -0.4 is 9.47 Å². The van der Waals surface area contributed by atoms with Crippen LogP contribution in [0.3, 0.4) is 0 Å². The first kappa shape index (κ1) is 11.0. The van der Waals surface area contributed by atoms with Gasteiger partial charge in [-0.2, -0.15) is 0 Å². The summed E-state index contributed by atoms with van der Waals surface area (Å²) >= 11 is 17.5. The molecule has 3 nitrogen and oxygen atoms in total. The number of aromatic hydroxyl groups is 1. The second-order valence-electron chi connectivity index (χ2n) is 3.55. The molecule has 1 heterocycles. The summed E-state index contributed by atoms with van der Waals surface area (Å²) in [6.45, 7) is 3.37. The van der Waals surface area contributed by atoms with Gasteiger partial charge in [-0.1, -0.05) is 34.8 Å². The van der Waals surface area contributed by atoms with Gasteiger partial charge < -0.3 is 14.6 Å². The molecule has 0 atom stereocenters. The van der Waals surface area contributed by atoms with E-state index in [9.17, 15) is 5.11 Å². The fourth-order valence-corrected chi connectivity index (χ4v) is 1.93. The molecule has 0 amide bonds. The van der Waals surface area contributed by atoms with Crippen molar-refractivity contribution >= 4 is 34.8 Å². The van der Waals surface area contributed by atoms with Crippen LogP contribution in [0.1, 0.15) is 13.8 Å². The summed E-state index contributed by atoms with van der Waals surface area (Å²) < 4.78 is 10.7. The summed E-state index contributed by atoms with van der Waals surface area (Å²) in [5.41, 5.74) is 0. The number of phenolic OH excluding ortho intramolecular Hbond substituents is 1. The number of benzene rings is 1. The van der Waals surface area contributed by atoms with E-state index < -0.39 is 5.79 Å². The predicted molar refractivity (Wildman–Crippen MR) is 58.5 cm³/mol. The van der Waals surface area contributed by atoms with Crippen molar-refractivity contribution in [3.63, 3.8) is 0 Å². The Morgan fingerprint density at radius 1 is 0.933 bits per heavy atom. The lowest BCUT2D eigenvalue weighted by atomic mass is 10.3. The molecule has 0 unspecified atom stereocenters. The molecule has 15 heavy (non-hydrogen) atoms. The topological polar surface area (TPSA) is 38.7 Å². The highest BCUT2D eigenvalue weighted by Crippen LogP contribution is 2.56. The Kier molecular flexibility index (Phi) is 2.37. The Hall–Kier alpha value is -0.510. The van der Waals surface area contributed by atoms with Crippen molar-refractivity contribution < 1.29 is 14.6 Å². The van der Waals surface area contributed by atoms with Crippen LogP contribution in [-0.4, -0.2) is 10.9 Å². The minimum absolute atomic E-state index is 0.0401. The van der Waals surface area contributed by atoms with Gasteiger partial charge in [-0.3, -0.25) is 0 Å². The van der Waals surface area contributed by atoms with Crippen molar-refractivity contribution in [3.05, 3.63) is 15.1 Å². The lowest BCUT2D eigenvalue weighted by Gasteiger charge is -2.16. The van der Waals surface area contributed by atoms with Crippen LogP contribution in [0.25, 0.3) is 0 Å². The van der Waals surface area contributed by atoms with Crippen LogP contribution in [0.4, 0.5) is 0 Å². The number of ether oxygens (including phenoxy) is 2. The molecule has 1 aliphatic heterocycles. The maximum absolute atomic E-state index is 9.68. The van der Waals surface area contributed by atoms with Gasteiger partial charge >= 0.3 is 0 Å². The summed E-state index contributed by atoms with van der Waals surface area (Å²) in [6, 6.07) is 0.